The molecule has 7 nitrogen and oxygen atoms in total. The molecule has 0 unspecified atom stereocenters. The highest BCUT2D eigenvalue weighted by Crippen LogP contribution is 2.40. The summed E-state index contributed by atoms with van der Waals surface area (Å²) in [6.45, 7) is 2.50. The first kappa shape index (κ1) is 13.5. The fraction of sp³-hybridized carbons (Fsp3) is 0.533. The molecule has 7 heteroatoms. The number of imidazole rings is 2. The molecule has 22 heavy (non-hydrogen) atoms. The molecule has 2 N–H and O–H groups in total. The number of amides is 1. The minimum Gasteiger partial charge on any atom is -0.340 e. The zero-order valence-electron chi connectivity index (χ0n) is 12.6. The lowest BCUT2D eigenvalue weighted by molar-refractivity contribution is 0.0924. The Balaban J connectivity index is 1.55. The third-order valence-corrected chi connectivity index (χ3v) is 4.42. The molecule has 0 bridgehead atoms. The molecule has 1 fully saturated rings. The van der Waals surface area contributed by atoms with Crippen molar-refractivity contribution in [3.8, 4) is 0 Å². The van der Waals surface area contributed by atoms with Crippen LogP contribution >= 0.6 is 0 Å². The molecule has 0 saturated heterocycles. The topological polar surface area (TPSA) is 76.8 Å². The summed E-state index contributed by atoms with van der Waals surface area (Å²) < 4.78 is 4.03. The molecule has 3 heterocycles. The van der Waals surface area contributed by atoms with Gasteiger partial charge in [0, 0.05) is 38.7 Å². The normalized spacial score (nSPS) is 18.8. The van der Waals surface area contributed by atoms with Crippen molar-refractivity contribution in [2.45, 2.75) is 32.0 Å². The number of nitrogens with zero attached hydrogens (tertiary/aromatic N) is 4. The minimum absolute atomic E-state index is 0.0237. The molecule has 1 aliphatic carbocycles. The lowest BCUT2D eigenvalue weighted by Gasteiger charge is -2.17. The number of nitrogens with one attached hydrogen (secondary N) is 2. The van der Waals surface area contributed by atoms with Crippen molar-refractivity contribution >= 4 is 5.91 Å². The van der Waals surface area contributed by atoms with E-state index in [0.717, 1.165) is 44.1 Å². The first-order valence-corrected chi connectivity index (χ1v) is 7.77. The predicted molar refractivity (Wildman–Crippen MR) is 80.1 cm³/mol. The van der Waals surface area contributed by atoms with Gasteiger partial charge in [0.2, 0.25) is 0 Å². The van der Waals surface area contributed by atoms with Gasteiger partial charge in [0.15, 0.2) is 0 Å². The van der Waals surface area contributed by atoms with Crippen LogP contribution in [0.1, 0.15) is 41.0 Å². The van der Waals surface area contributed by atoms with Crippen LogP contribution in [-0.4, -0.2) is 31.6 Å². The molecule has 116 valence electrons. The molecule has 0 radical (unpaired) electrons. The van der Waals surface area contributed by atoms with E-state index in [4.69, 9.17) is 0 Å². The molecule has 2 aromatic rings. The number of rotatable bonds is 4. The van der Waals surface area contributed by atoms with Crippen LogP contribution in [0.3, 0.4) is 0 Å². The smallest absolute Gasteiger partial charge is 0.272 e. The van der Waals surface area contributed by atoms with Crippen molar-refractivity contribution in [1.82, 2.24) is 29.7 Å². The van der Waals surface area contributed by atoms with Crippen molar-refractivity contribution < 1.29 is 4.79 Å². The van der Waals surface area contributed by atoms with Gasteiger partial charge in [-0.1, -0.05) is 0 Å². The Morgan fingerprint density at radius 2 is 2.36 bits per heavy atom. The summed E-state index contributed by atoms with van der Waals surface area (Å²) in [5.41, 5.74) is 0.499. The highest BCUT2D eigenvalue weighted by Gasteiger charge is 2.36. The molecule has 0 spiro atoms. The molecule has 1 atom stereocenters. The third kappa shape index (κ3) is 2.41. The van der Waals surface area contributed by atoms with Crippen LogP contribution < -0.4 is 10.6 Å². The maximum Gasteiger partial charge on any atom is 0.272 e. The highest BCUT2D eigenvalue weighted by atomic mass is 16.2. The van der Waals surface area contributed by atoms with Crippen LogP contribution in [0.15, 0.2) is 18.6 Å². The summed E-state index contributed by atoms with van der Waals surface area (Å²) in [6.07, 6.45) is 7.83. The maximum atomic E-state index is 12.6. The van der Waals surface area contributed by atoms with E-state index < -0.39 is 0 Å². The maximum absolute atomic E-state index is 12.6. The molecule has 1 amide bonds. The van der Waals surface area contributed by atoms with E-state index >= 15 is 0 Å². The number of hydrogen-bond donors (Lipinski definition) is 2. The number of carbonyl (C=O) groups is 1. The molecule has 1 saturated carbocycles. The average Bonchev–Trinajstić information content (AvgIpc) is 3.12. The molecule has 4 rings (SSSR count). The number of fused-ring (bicyclic) bond motifs is 1. The van der Waals surface area contributed by atoms with Gasteiger partial charge in [-0.25, -0.2) is 9.97 Å². The van der Waals surface area contributed by atoms with Gasteiger partial charge in [0.25, 0.3) is 5.91 Å². The molecule has 2 aliphatic rings. The second-order valence-electron chi connectivity index (χ2n) is 6.10. The summed E-state index contributed by atoms with van der Waals surface area (Å²) in [4.78, 5) is 21.4. The van der Waals surface area contributed by atoms with E-state index in [2.05, 4.69) is 25.2 Å². The Hall–Kier alpha value is -2.15. The zero-order valence-corrected chi connectivity index (χ0v) is 12.6. The highest BCUT2D eigenvalue weighted by molar-refractivity contribution is 5.92. The zero-order chi connectivity index (χ0) is 15.1. The van der Waals surface area contributed by atoms with Gasteiger partial charge in [-0.3, -0.25) is 4.79 Å². The van der Waals surface area contributed by atoms with E-state index in [-0.39, 0.29) is 11.9 Å². The van der Waals surface area contributed by atoms with Crippen molar-refractivity contribution in [3.63, 3.8) is 0 Å². The predicted octanol–water partition coefficient (Wildman–Crippen LogP) is 0.601. The van der Waals surface area contributed by atoms with E-state index in [9.17, 15) is 4.79 Å². The first-order chi connectivity index (χ1) is 10.7. The van der Waals surface area contributed by atoms with Crippen LogP contribution in [0.4, 0.5) is 0 Å². The minimum atomic E-state index is -0.109. The number of aryl methyl sites for hydroxylation is 1. The SMILES string of the molecule is Cn1ccnc1[C@@H](NC(=O)c1cn2c(n1)CNCC2)C1CC1. The van der Waals surface area contributed by atoms with Gasteiger partial charge < -0.3 is 19.8 Å². The quantitative estimate of drug-likeness (QED) is 0.867. The van der Waals surface area contributed by atoms with Crippen LogP contribution in [0.5, 0.6) is 0 Å². The van der Waals surface area contributed by atoms with Crippen molar-refractivity contribution in [2.24, 2.45) is 13.0 Å². The Bertz CT molecular complexity index is 675. The monoisotopic (exact) mass is 300 g/mol. The van der Waals surface area contributed by atoms with Crippen LogP contribution in [0.25, 0.3) is 0 Å². The fourth-order valence-corrected chi connectivity index (χ4v) is 3.01. The van der Waals surface area contributed by atoms with E-state index in [0.29, 0.717) is 11.6 Å². The van der Waals surface area contributed by atoms with Crippen molar-refractivity contribution in [1.29, 1.82) is 0 Å². The van der Waals surface area contributed by atoms with E-state index in [1.54, 1.807) is 6.20 Å². The largest absolute Gasteiger partial charge is 0.340 e. The lowest BCUT2D eigenvalue weighted by atomic mass is 10.1. The molecular weight excluding hydrogens is 280 g/mol. The number of hydrogen-bond acceptors (Lipinski definition) is 4. The summed E-state index contributed by atoms with van der Waals surface area (Å²) in [5.74, 6) is 2.23. The second-order valence-corrected chi connectivity index (χ2v) is 6.10. The van der Waals surface area contributed by atoms with Gasteiger partial charge in [0.05, 0.1) is 12.6 Å². The van der Waals surface area contributed by atoms with Crippen molar-refractivity contribution in [2.75, 3.05) is 6.54 Å². The Kier molecular flexibility index (Phi) is 3.22. The summed E-state index contributed by atoms with van der Waals surface area (Å²) in [5, 5.41) is 6.39. The van der Waals surface area contributed by atoms with Gasteiger partial charge in [0.1, 0.15) is 17.3 Å². The van der Waals surface area contributed by atoms with Gasteiger partial charge in [-0.2, -0.15) is 0 Å². The summed E-state index contributed by atoms with van der Waals surface area (Å²) in [6, 6.07) is -0.0237. The molecule has 0 aromatic carbocycles. The lowest BCUT2D eigenvalue weighted by Crippen LogP contribution is -2.32. The molecule has 1 aliphatic heterocycles. The first-order valence-electron chi connectivity index (χ1n) is 7.77. The van der Waals surface area contributed by atoms with Crippen LogP contribution in [0.2, 0.25) is 0 Å². The summed E-state index contributed by atoms with van der Waals surface area (Å²) in [7, 11) is 1.96. The molecular formula is C15H20N6O. The number of carbonyl (C=O) groups excluding carboxylic acids is 1. The Morgan fingerprint density at radius 3 is 3.05 bits per heavy atom. The van der Waals surface area contributed by atoms with E-state index in [1.807, 2.05) is 24.0 Å². The van der Waals surface area contributed by atoms with Crippen molar-refractivity contribution in [3.05, 3.63) is 35.9 Å². The van der Waals surface area contributed by atoms with E-state index in [1.165, 1.54) is 0 Å². The Morgan fingerprint density at radius 1 is 1.50 bits per heavy atom. The standard InChI is InChI=1S/C15H20N6O/c1-20-6-5-17-14(20)13(10-2-3-10)19-15(22)11-9-21-7-4-16-8-12(21)18-11/h5-6,9-10,13,16H,2-4,7-8H2,1H3,(H,19,22)/t13-/m0/s1. The average molecular weight is 300 g/mol. The summed E-state index contributed by atoms with van der Waals surface area (Å²) >= 11 is 0. The van der Waals surface area contributed by atoms with Crippen LogP contribution in [0, 0.1) is 5.92 Å². The van der Waals surface area contributed by atoms with Gasteiger partial charge in [-0.15, -0.1) is 0 Å². The van der Waals surface area contributed by atoms with Gasteiger partial charge >= 0.3 is 0 Å². The third-order valence-electron chi connectivity index (χ3n) is 4.42. The fourth-order valence-electron chi connectivity index (χ4n) is 3.01. The Labute approximate surface area is 128 Å². The second kappa shape index (κ2) is 5.24. The molecule has 2 aromatic heterocycles. The van der Waals surface area contributed by atoms with Gasteiger partial charge in [-0.05, 0) is 18.8 Å². The van der Waals surface area contributed by atoms with Crippen LogP contribution in [-0.2, 0) is 20.1 Å². The number of aromatic nitrogens is 4.